The highest BCUT2D eigenvalue weighted by molar-refractivity contribution is 6.62. The maximum atomic E-state index is 12.0. The van der Waals surface area contributed by atoms with Crippen molar-refractivity contribution in [3.8, 4) is 0 Å². The molecule has 1 aromatic heterocycles. The molecule has 2 heterocycles. The van der Waals surface area contributed by atoms with Crippen LogP contribution in [0.25, 0.3) is 0 Å². The predicted octanol–water partition coefficient (Wildman–Crippen LogP) is 0.866. The fourth-order valence-corrected chi connectivity index (χ4v) is 2.16. The van der Waals surface area contributed by atoms with E-state index in [1.165, 1.54) is 10.6 Å². The van der Waals surface area contributed by atoms with Gasteiger partial charge in [-0.3, -0.25) is 4.79 Å². The van der Waals surface area contributed by atoms with Crippen LogP contribution in [-0.2, 0) is 15.9 Å². The normalized spacial score (nSPS) is 19.8. The minimum absolute atomic E-state index is 0.274. The molecule has 0 amide bonds. The summed E-state index contributed by atoms with van der Waals surface area (Å²) in [6.45, 7) is 9.83. The van der Waals surface area contributed by atoms with Gasteiger partial charge in [-0.05, 0) is 46.1 Å². The highest BCUT2D eigenvalue weighted by Gasteiger charge is 2.52. The Kier molecular flexibility index (Phi) is 3.76. The molecule has 1 aliphatic heterocycles. The third-order valence-electron chi connectivity index (χ3n) is 4.20. The summed E-state index contributed by atoms with van der Waals surface area (Å²) in [7, 11) is -0.688. The number of aromatic nitrogens is 1. The molecule has 6 nitrogen and oxygen atoms in total. The molecule has 21 heavy (non-hydrogen) atoms. The molecule has 1 N–H and O–H groups in total. The fourth-order valence-electron chi connectivity index (χ4n) is 2.16. The zero-order chi connectivity index (χ0) is 16.0. The number of rotatable bonds is 3. The van der Waals surface area contributed by atoms with Gasteiger partial charge in [-0.25, -0.2) is 4.79 Å². The Morgan fingerprint density at radius 1 is 1.29 bits per heavy atom. The van der Waals surface area contributed by atoms with E-state index in [0.29, 0.717) is 12.0 Å². The van der Waals surface area contributed by atoms with Crippen LogP contribution in [0.5, 0.6) is 0 Å². The van der Waals surface area contributed by atoms with Crippen LogP contribution in [0.2, 0.25) is 0 Å². The number of carboxylic acid groups (broad SMARTS) is 1. The number of hydrogen-bond donors (Lipinski definition) is 1. The number of carbonyl (C=O) groups is 1. The van der Waals surface area contributed by atoms with E-state index in [1.54, 1.807) is 13.1 Å². The summed E-state index contributed by atoms with van der Waals surface area (Å²) in [5, 5.41) is 9.16. The first-order valence-electron chi connectivity index (χ1n) is 6.92. The molecule has 0 spiro atoms. The van der Waals surface area contributed by atoms with E-state index in [9.17, 15) is 9.59 Å². The molecule has 2 rings (SSSR count). The lowest BCUT2D eigenvalue weighted by Gasteiger charge is -2.32. The summed E-state index contributed by atoms with van der Waals surface area (Å²) in [5.74, 6) is -1.25. The molecule has 114 valence electrons. The largest absolute Gasteiger partial charge is 0.496 e. The number of pyridine rings is 1. The first-order valence-corrected chi connectivity index (χ1v) is 6.92. The Morgan fingerprint density at radius 3 is 2.24 bits per heavy atom. The van der Waals surface area contributed by atoms with Crippen molar-refractivity contribution in [1.82, 2.24) is 4.57 Å². The maximum Gasteiger partial charge on any atom is 0.496 e. The smallest absolute Gasteiger partial charge is 0.477 e. The van der Waals surface area contributed by atoms with Crippen molar-refractivity contribution in [3.63, 3.8) is 0 Å². The molecule has 1 fully saturated rings. The van der Waals surface area contributed by atoms with E-state index in [2.05, 4.69) is 0 Å². The monoisotopic (exact) mass is 293 g/mol. The second-order valence-electron chi connectivity index (χ2n) is 6.17. The van der Waals surface area contributed by atoms with Gasteiger partial charge >= 0.3 is 13.1 Å². The quantitative estimate of drug-likeness (QED) is 0.837. The first kappa shape index (κ1) is 15.8. The highest BCUT2D eigenvalue weighted by atomic mass is 16.7. The molecule has 1 aromatic rings. The van der Waals surface area contributed by atoms with Crippen molar-refractivity contribution in [2.45, 2.75) is 52.4 Å². The van der Waals surface area contributed by atoms with Crippen molar-refractivity contribution >= 4 is 18.6 Å². The van der Waals surface area contributed by atoms with Crippen LogP contribution >= 0.6 is 0 Å². The summed E-state index contributed by atoms with van der Waals surface area (Å²) in [4.78, 5) is 23.2. The average Bonchev–Trinajstić information content (AvgIpc) is 2.58. The Morgan fingerprint density at radius 2 is 1.81 bits per heavy atom. The summed E-state index contributed by atoms with van der Waals surface area (Å²) in [6, 6.07) is 1.33. The summed E-state index contributed by atoms with van der Waals surface area (Å²) in [6.07, 6.45) is 1.59. The zero-order valence-corrected chi connectivity index (χ0v) is 13.0. The van der Waals surface area contributed by atoms with Crippen molar-refractivity contribution in [2.24, 2.45) is 0 Å². The Balaban J connectivity index is 2.49. The third kappa shape index (κ3) is 2.63. The molecule has 0 radical (unpaired) electrons. The minimum Gasteiger partial charge on any atom is -0.477 e. The Labute approximate surface area is 123 Å². The third-order valence-corrected chi connectivity index (χ3v) is 4.20. The molecule has 0 unspecified atom stereocenters. The standard InChI is InChI=1S/C14H20BNO5/c1-6-16-8-9(7-10(11(16)17)12(18)19)15-20-13(2,3)14(4,5)21-15/h7-8H,6H2,1-5H3,(H,18,19). The van der Waals surface area contributed by atoms with Gasteiger partial charge in [0.15, 0.2) is 0 Å². The summed E-state index contributed by atoms with van der Waals surface area (Å²) in [5.41, 5.74) is -1.30. The predicted molar refractivity (Wildman–Crippen MR) is 79.1 cm³/mol. The van der Waals surface area contributed by atoms with Gasteiger partial charge in [-0.1, -0.05) is 0 Å². The van der Waals surface area contributed by atoms with Crippen LogP contribution in [0.3, 0.4) is 0 Å². The van der Waals surface area contributed by atoms with Crippen molar-refractivity contribution in [1.29, 1.82) is 0 Å². The van der Waals surface area contributed by atoms with Gasteiger partial charge in [0.1, 0.15) is 5.56 Å². The Hall–Kier alpha value is -1.60. The second kappa shape index (κ2) is 5.00. The van der Waals surface area contributed by atoms with Gasteiger partial charge in [0, 0.05) is 12.7 Å². The summed E-state index contributed by atoms with van der Waals surface area (Å²) < 4.78 is 13.1. The number of hydrogen-bond acceptors (Lipinski definition) is 4. The summed E-state index contributed by atoms with van der Waals surface area (Å²) >= 11 is 0. The van der Waals surface area contributed by atoms with Gasteiger partial charge in [-0.2, -0.15) is 0 Å². The van der Waals surface area contributed by atoms with Crippen LogP contribution < -0.4 is 11.0 Å². The molecule has 1 aliphatic rings. The molecule has 1 saturated heterocycles. The molecule has 0 aliphatic carbocycles. The molecule has 0 aromatic carbocycles. The van der Waals surface area contributed by atoms with Crippen molar-refractivity contribution < 1.29 is 19.2 Å². The van der Waals surface area contributed by atoms with Crippen LogP contribution in [0, 0.1) is 0 Å². The van der Waals surface area contributed by atoms with E-state index < -0.39 is 29.8 Å². The van der Waals surface area contributed by atoms with Gasteiger partial charge < -0.3 is 19.0 Å². The lowest BCUT2D eigenvalue weighted by Crippen LogP contribution is -2.41. The minimum atomic E-state index is -1.25. The van der Waals surface area contributed by atoms with E-state index in [-0.39, 0.29) is 5.56 Å². The topological polar surface area (TPSA) is 77.8 Å². The number of carboxylic acids is 1. The Bertz CT molecular complexity index is 619. The van der Waals surface area contributed by atoms with E-state index >= 15 is 0 Å². The molecule has 0 bridgehead atoms. The van der Waals surface area contributed by atoms with Crippen LogP contribution in [0.1, 0.15) is 45.0 Å². The number of aryl methyl sites for hydroxylation is 1. The van der Waals surface area contributed by atoms with Crippen LogP contribution in [0.15, 0.2) is 17.1 Å². The molecule has 0 atom stereocenters. The van der Waals surface area contributed by atoms with E-state index in [4.69, 9.17) is 14.4 Å². The van der Waals surface area contributed by atoms with E-state index in [1.807, 2.05) is 27.7 Å². The van der Waals surface area contributed by atoms with Gasteiger partial charge in [0.25, 0.3) is 5.56 Å². The van der Waals surface area contributed by atoms with Gasteiger partial charge in [-0.15, -0.1) is 0 Å². The van der Waals surface area contributed by atoms with E-state index in [0.717, 1.165) is 0 Å². The van der Waals surface area contributed by atoms with Crippen LogP contribution in [-0.4, -0.2) is 34.0 Å². The lowest BCUT2D eigenvalue weighted by molar-refractivity contribution is 0.00578. The molecular weight excluding hydrogens is 273 g/mol. The van der Waals surface area contributed by atoms with Crippen molar-refractivity contribution in [2.75, 3.05) is 0 Å². The number of nitrogens with zero attached hydrogens (tertiary/aromatic N) is 1. The second-order valence-corrected chi connectivity index (χ2v) is 6.17. The molecule has 7 heteroatoms. The van der Waals surface area contributed by atoms with Gasteiger partial charge in [0.2, 0.25) is 0 Å². The van der Waals surface area contributed by atoms with Crippen molar-refractivity contribution in [3.05, 3.63) is 28.2 Å². The number of aromatic carboxylic acids is 1. The average molecular weight is 293 g/mol. The van der Waals surface area contributed by atoms with Crippen LogP contribution in [0.4, 0.5) is 0 Å². The fraction of sp³-hybridized carbons (Fsp3) is 0.571. The molecular formula is C14H20BNO5. The molecule has 0 saturated carbocycles. The SMILES string of the molecule is CCn1cc(B2OC(C)(C)C(C)(C)O2)cc(C(=O)O)c1=O. The lowest BCUT2D eigenvalue weighted by atomic mass is 9.79. The zero-order valence-electron chi connectivity index (χ0n) is 13.0. The highest BCUT2D eigenvalue weighted by Crippen LogP contribution is 2.36. The maximum absolute atomic E-state index is 12.0. The van der Waals surface area contributed by atoms with Gasteiger partial charge in [0.05, 0.1) is 11.2 Å². The first-order chi connectivity index (χ1) is 9.59.